The minimum absolute atomic E-state index is 0. The van der Waals surface area contributed by atoms with Gasteiger partial charge in [-0.15, -0.1) is 24.0 Å². The van der Waals surface area contributed by atoms with Gasteiger partial charge in [0.1, 0.15) is 5.75 Å². The minimum atomic E-state index is 0. The van der Waals surface area contributed by atoms with E-state index in [4.69, 9.17) is 15.2 Å². The summed E-state index contributed by atoms with van der Waals surface area (Å²) in [5.74, 6) is 1.24. The van der Waals surface area contributed by atoms with Crippen molar-refractivity contribution in [2.45, 2.75) is 19.3 Å². The van der Waals surface area contributed by atoms with Crippen LogP contribution in [0.4, 0.5) is 5.69 Å². The third-order valence-electron chi connectivity index (χ3n) is 3.72. The predicted molar refractivity (Wildman–Crippen MR) is 119 cm³/mol. The summed E-state index contributed by atoms with van der Waals surface area (Å²) in [7, 11) is 1.64. The molecule has 3 N–H and O–H groups in total. The van der Waals surface area contributed by atoms with Gasteiger partial charge < -0.3 is 20.5 Å². The number of unbranched alkanes of at least 4 members (excludes halogenated alkanes) is 1. The van der Waals surface area contributed by atoms with Crippen LogP contribution in [0.5, 0.6) is 5.75 Å². The molecule has 0 aromatic heterocycles. The molecule has 0 unspecified atom stereocenters. The van der Waals surface area contributed by atoms with Gasteiger partial charge >= 0.3 is 0 Å². The molecule has 0 bridgehead atoms. The Morgan fingerprint density at radius 3 is 2.42 bits per heavy atom. The first-order valence-corrected chi connectivity index (χ1v) is 8.60. The highest BCUT2D eigenvalue weighted by Gasteiger charge is 1.97. The molecule has 0 saturated heterocycles. The van der Waals surface area contributed by atoms with Crippen LogP contribution in [-0.2, 0) is 11.2 Å². The Kier molecular flexibility index (Phi) is 11.5. The van der Waals surface area contributed by atoms with Crippen molar-refractivity contribution in [2.24, 2.45) is 10.7 Å². The van der Waals surface area contributed by atoms with Crippen molar-refractivity contribution in [3.8, 4) is 5.75 Å². The van der Waals surface area contributed by atoms with Crippen molar-refractivity contribution in [3.63, 3.8) is 0 Å². The van der Waals surface area contributed by atoms with E-state index in [1.54, 1.807) is 7.11 Å². The van der Waals surface area contributed by atoms with E-state index in [-0.39, 0.29) is 24.0 Å². The van der Waals surface area contributed by atoms with Gasteiger partial charge in [-0.25, -0.2) is 0 Å². The Hall–Kier alpha value is -1.80. The van der Waals surface area contributed by atoms with Crippen molar-refractivity contribution in [2.75, 3.05) is 32.2 Å². The number of ether oxygens (including phenoxy) is 2. The Labute approximate surface area is 173 Å². The summed E-state index contributed by atoms with van der Waals surface area (Å²) < 4.78 is 10.8. The molecule has 142 valence electrons. The quantitative estimate of drug-likeness (QED) is 0.238. The standard InChI is InChI=1S/C20H27N3O2.HI/c1-24-19-11-9-18(10-12-19)23-20(21)22-14-5-6-15-25-16-13-17-7-3-2-4-8-17;/h2-4,7-12H,5-6,13-16H2,1H3,(H3,21,22,23);1H. The number of hydrogen-bond acceptors (Lipinski definition) is 3. The molecule has 0 spiro atoms. The van der Waals surface area contributed by atoms with Gasteiger partial charge in [0.2, 0.25) is 0 Å². The third-order valence-corrected chi connectivity index (χ3v) is 3.72. The van der Waals surface area contributed by atoms with Crippen LogP contribution in [0.3, 0.4) is 0 Å². The van der Waals surface area contributed by atoms with E-state index >= 15 is 0 Å². The van der Waals surface area contributed by atoms with Crippen LogP contribution >= 0.6 is 24.0 Å². The zero-order valence-electron chi connectivity index (χ0n) is 15.2. The molecule has 0 aliphatic rings. The number of guanidine groups is 1. The molecule has 0 fully saturated rings. The summed E-state index contributed by atoms with van der Waals surface area (Å²) in [6.07, 6.45) is 2.89. The summed E-state index contributed by atoms with van der Waals surface area (Å²) in [5, 5.41) is 3.06. The molecule has 6 heteroatoms. The van der Waals surface area contributed by atoms with Crippen LogP contribution in [0, 0.1) is 0 Å². The van der Waals surface area contributed by atoms with E-state index in [2.05, 4.69) is 34.6 Å². The van der Waals surface area contributed by atoms with Crippen molar-refractivity contribution in [1.82, 2.24) is 0 Å². The van der Waals surface area contributed by atoms with Crippen LogP contribution in [0.25, 0.3) is 0 Å². The normalized spacial score (nSPS) is 10.9. The molecule has 2 aromatic rings. The van der Waals surface area contributed by atoms with Crippen molar-refractivity contribution in [3.05, 3.63) is 60.2 Å². The fraction of sp³-hybridized carbons (Fsp3) is 0.350. The zero-order chi connectivity index (χ0) is 17.7. The topological polar surface area (TPSA) is 68.9 Å². The van der Waals surface area contributed by atoms with Crippen molar-refractivity contribution in [1.29, 1.82) is 0 Å². The van der Waals surface area contributed by atoms with Gasteiger partial charge in [-0.1, -0.05) is 30.3 Å². The van der Waals surface area contributed by atoms with Crippen LogP contribution in [-0.4, -0.2) is 32.8 Å². The van der Waals surface area contributed by atoms with Crippen LogP contribution in [0.1, 0.15) is 18.4 Å². The second-order valence-electron chi connectivity index (χ2n) is 5.68. The van der Waals surface area contributed by atoms with Gasteiger partial charge in [0, 0.05) is 18.8 Å². The largest absolute Gasteiger partial charge is 0.497 e. The highest BCUT2D eigenvalue weighted by Crippen LogP contribution is 2.14. The van der Waals surface area contributed by atoms with Crippen LogP contribution in [0.2, 0.25) is 0 Å². The minimum Gasteiger partial charge on any atom is -0.497 e. The fourth-order valence-electron chi connectivity index (χ4n) is 2.31. The number of rotatable bonds is 10. The molecule has 0 radical (unpaired) electrons. The van der Waals surface area contributed by atoms with Gasteiger partial charge in [-0.3, -0.25) is 4.99 Å². The Balaban J connectivity index is 0.00000338. The second-order valence-corrected chi connectivity index (χ2v) is 5.68. The Morgan fingerprint density at radius 1 is 1.00 bits per heavy atom. The van der Waals surface area contributed by atoms with Crippen LogP contribution in [0.15, 0.2) is 59.6 Å². The summed E-state index contributed by atoms with van der Waals surface area (Å²) in [6, 6.07) is 17.9. The zero-order valence-corrected chi connectivity index (χ0v) is 17.5. The van der Waals surface area contributed by atoms with Gasteiger partial charge in [-0.05, 0) is 49.1 Å². The number of aliphatic imine (C=N–C) groups is 1. The molecule has 0 heterocycles. The van der Waals surface area contributed by atoms with E-state index in [0.717, 1.165) is 43.9 Å². The van der Waals surface area contributed by atoms with Gasteiger partial charge in [-0.2, -0.15) is 0 Å². The van der Waals surface area contributed by atoms with Crippen molar-refractivity contribution >= 4 is 35.6 Å². The third kappa shape index (κ3) is 9.05. The Bertz CT molecular complexity index is 633. The van der Waals surface area contributed by atoms with Gasteiger partial charge in [0.15, 0.2) is 5.96 Å². The lowest BCUT2D eigenvalue weighted by Gasteiger charge is -2.07. The lowest BCUT2D eigenvalue weighted by molar-refractivity contribution is 0.134. The molecular weight excluding hydrogens is 441 g/mol. The molecule has 2 aromatic carbocycles. The summed E-state index contributed by atoms with van der Waals surface area (Å²) in [6.45, 7) is 2.21. The molecular formula is C20H28IN3O2. The maximum atomic E-state index is 5.88. The monoisotopic (exact) mass is 469 g/mol. The highest BCUT2D eigenvalue weighted by molar-refractivity contribution is 14.0. The molecule has 0 amide bonds. The number of methoxy groups -OCH3 is 1. The smallest absolute Gasteiger partial charge is 0.193 e. The second kappa shape index (κ2) is 13.4. The highest BCUT2D eigenvalue weighted by atomic mass is 127. The van der Waals surface area contributed by atoms with Crippen LogP contribution < -0.4 is 15.8 Å². The molecule has 5 nitrogen and oxygen atoms in total. The van der Waals surface area contributed by atoms with Gasteiger partial charge in [0.25, 0.3) is 0 Å². The van der Waals surface area contributed by atoms with E-state index in [1.165, 1.54) is 5.56 Å². The number of nitrogens with one attached hydrogen (secondary N) is 1. The fourth-order valence-corrected chi connectivity index (χ4v) is 2.31. The van der Waals surface area contributed by atoms with E-state index in [9.17, 15) is 0 Å². The number of nitrogens with two attached hydrogens (primary N) is 1. The summed E-state index contributed by atoms with van der Waals surface area (Å²) in [4.78, 5) is 4.32. The lowest BCUT2D eigenvalue weighted by Crippen LogP contribution is -2.22. The number of anilines is 1. The lowest BCUT2D eigenvalue weighted by atomic mass is 10.2. The molecule has 0 aliphatic heterocycles. The van der Waals surface area contributed by atoms with E-state index in [1.807, 2.05) is 30.3 Å². The summed E-state index contributed by atoms with van der Waals surface area (Å²) >= 11 is 0. The summed E-state index contributed by atoms with van der Waals surface area (Å²) in [5.41, 5.74) is 8.08. The molecule has 0 atom stereocenters. The first-order valence-electron chi connectivity index (χ1n) is 8.60. The SMILES string of the molecule is COc1ccc(NC(N)=NCCCCOCCc2ccccc2)cc1.I. The first-order chi connectivity index (χ1) is 12.3. The molecule has 0 saturated carbocycles. The molecule has 26 heavy (non-hydrogen) atoms. The van der Waals surface area contributed by atoms with Crippen molar-refractivity contribution < 1.29 is 9.47 Å². The van der Waals surface area contributed by atoms with E-state index in [0.29, 0.717) is 12.5 Å². The average molecular weight is 469 g/mol. The predicted octanol–water partition coefficient (Wildman–Crippen LogP) is 4.08. The Morgan fingerprint density at radius 2 is 1.73 bits per heavy atom. The number of nitrogens with zero attached hydrogens (tertiary/aromatic N) is 1. The first kappa shape index (κ1) is 22.2. The van der Waals surface area contributed by atoms with Gasteiger partial charge in [0.05, 0.1) is 13.7 Å². The molecule has 2 rings (SSSR count). The maximum absolute atomic E-state index is 5.88. The average Bonchev–Trinajstić information content (AvgIpc) is 2.65. The number of hydrogen-bond donors (Lipinski definition) is 2. The maximum Gasteiger partial charge on any atom is 0.193 e. The number of halogens is 1. The number of benzene rings is 2. The van der Waals surface area contributed by atoms with E-state index < -0.39 is 0 Å². The molecule has 0 aliphatic carbocycles.